The van der Waals surface area contributed by atoms with Crippen molar-refractivity contribution in [2.75, 3.05) is 26.7 Å². The summed E-state index contributed by atoms with van der Waals surface area (Å²) in [5, 5.41) is 10.5. The maximum Gasteiger partial charge on any atom is 0.303 e. The van der Waals surface area contributed by atoms with Crippen LogP contribution in [-0.4, -0.2) is 52.7 Å². The zero-order valence-corrected chi connectivity index (χ0v) is 21.0. The third-order valence-electron chi connectivity index (χ3n) is 6.70. The Labute approximate surface area is 213 Å². The highest BCUT2D eigenvalue weighted by molar-refractivity contribution is 7.10. The number of rotatable bonds is 8. The van der Waals surface area contributed by atoms with E-state index >= 15 is 4.39 Å². The molecule has 35 heavy (non-hydrogen) atoms. The maximum absolute atomic E-state index is 15.7. The number of alkyl halides is 1. The van der Waals surface area contributed by atoms with E-state index in [1.54, 1.807) is 37.0 Å². The molecule has 0 saturated carbocycles. The minimum Gasteiger partial charge on any atom is -0.497 e. The van der Waals surface area contributed by atoms with Crippen LogP contribution in [0, 0.1) is 17.3 Å². The van der Waals surface area contributed by atoms with Gasteiger partial charge in [0.25, 0.3) is 0 Å². The number of likely N-dealkylation sites (tertiary alicyclic amines) is 1. The van der Waals surface area contributed by atoms with Gasteiger partial charge < -0.3 is 9.84 Å². The Bertz CT molecular complexity index is 1230. The predicted octanol–water partition coefficient (Wildman–Crippen LogP) is 5.75. The summed E-state index contributed by atoms with van der Waals surface area (Å²) >= 11 is 7.88. The second-order valence-corrected chi connectivity index (χ2v) is 10.2. The number of thiazole rings is 1. The van der Waals surface area contributed by atoms with Gasteiger partial charge in [0.15, 0.2) is 0 Å². The molecule has 3 aromatic rings. The summed E-state index contributed by atoms with van der Waals surface area (Å²) in [6.07, 6.45) is 3.93. The molecule has 1 aliphatic rings. The van der Waals surface area contributed by atoms with Crippen LogP contribution in [0.5, 0.6) is 5.75 Å². The largest absolute Gasteiger partial charge is 0.497 e. The lowest BCUT2D eigenvalue weighted by atomic mass is 9.71. The lowest BCUT2D eigenvalue weighted by Crippen LogP contribution is -2.41. The lowest BCUT2D eigenvalue weighted by Gasteiger charge is -2.41. The smallest absolute Gasteiger partial charge is 0.303 e. The summed E-state index contributed by atoms with van der Waals surface area (Å²) in [6, 6.07) is 5.30. The number of nitrogens with zero attached hydrogens (tertiary/aromatic N) is 3. The Kier molecular flexibility index (Phi) is 8.22. The molecule has 0 aliphatic carbocycles. The third-order valence-corrected chi connectivity index (χ3v) is 7.69. The van der Waals surface area contributed by atoms with Crippen LogP contribution in [0.25, 0.3) is 10.9 Å². The van der Waals surface area contributed by atoms with Crippen molar-refractivity contribution in [1.82, 2.24) is 14.9 Å². The van der Waals surface area contributed by atoms with E-state index in [0.717, 1.165) is 18.0 Å². The van der Waals surface area contributed by atoms with Gasteiger partial charge in [-0.1, -0.05) is 23.4 Å². The minimum absolute atomic E-state index is 0.0265. The van der Waals surface area contributed by atoms with Crippen molar-refractivity contribution in [2.45, 2.75) is 38.3 Å². The number of halogens is 2. The molecule has 1 saturated heterocycles. The molecule has 3 heterocycles. The van der Waals surface area contributed by atoms with Crippen molar-refractivity contribution in [1.29, 1.82) is 0 Å². The second kappa shape index (κ2) is 11.3. The molecule has 2 aromatic heterocycles. The van der Waals surface area contributed by atoms with Crippen molar-refractivity contribution < 1.29 is 19.0 Å². The molecular formula is C26H27ClFN3O3S. The van der Waals surface area contributed by atoms with Gasteiger partial charge in [-0.15, -0.1) is 11.3 Å². The highest BCUT2D eigenvalue weighted by Gasteiger charge is 2.37. The molecule has 9 heteroatoms. The average molecular weight is 516 g/mol. The van der Waals surface area contributed by atoms with E-state index in [2.05, 4.69) is 26.7 Å². The summed E-state index contributed by atoms with van der Waals surface area (Å²) in [5.74, 6) is 6.02. The second-order valence-electron chi connectivity index (χ2n) is 8.92. The molecule has 184 valence electrons. The number of aromatic nitrogens is 2. The van der Waals surface area contributed by atoms with Gasteiger partial charge in [0.1, 0.15) is 11.9 Å². The Balaban J connectivity index is 1.44. The monoisotopic (exact) mass is 515 g/mol. The molecular weight excluding hydrogens is 489 g/mol. The summed E-state index contributed by atoms with van der Waals surface area (Å²) in [6.45, 7) is 2.09. The zero-order valence-electron chi connectivity index (χ0n) is 19.5. The van der Waals surface area contributed by atoms with Crippen LogP contribution in [0.2, 0.25) is 5.02 Å². The van der Waals surface area contributed by atoms with E-state index in [-0.39, 0.29) is 17.9 Å². The number of carboxylic acids is 1. The number of pyridine rings is 1. The van der Waals surface area contributed by atoms with Gasteiger partial charge in [0.05, 0.1) is 47.2 Å². The van der Waals surface area contributed by atoms with E-state index in [0.29, 0.717) is 48.0 Å². The quantitative estimate of drug-likeness (QED) is 0.385. The number of aliphatic carboxylic acids is 1. The maximum atomic E-state index is 15.7. The molecule has 0 unspecified atom stereocenters. The molecule has 1 aromatic carbocycles. The Hall–Kier alpha value is -2.73. The van der Waals surface area contributed by atoms with Crippen molar-refractivity contribution >= 4 is 39.8 Å². The first-order chi connectivity index (χ1) is 16.9. The zero-order chi connectivity index (χ0) is 24.8. The molecule has 0 radical (unpaired) electrons. The van der Waals surface area contributed by atoms with Gasteiger partial charge in [0.2, 0.25) is 0 Å². The summed E-state index contributed by atoms with van der Waals surface area (Å²) < 4.78 is 21.0. The van der Waals surface area contributed by atoms with Crippen molar-refractivity contribution in [2.24, 2.45) is 5.41 Å². The Morgan fingerprint density at radius 2 is 2.17 bits per heavy atom. The van der Waals surface area contributed by atoms with Crippen molar-refractivity contribution in [3.8, 4) is 17.6 Å². The normalized spacial score (nSPS) is 16.4. The SMILES string of the molecule is COc1ccc2ncc(Cl)c([C@H](F)CCC3(CC(=O)O)CCN(CC#Cc4cncs4)CC3)c2c1. The molecule has 1 aliphatic heterocycles. The van der Waals surface area contributed by atoms with Crippen molar-refractivity contribution in [3.05, 3.63) is 51.6 Å². The number of methoxy groups -OCH3 is 1. The van der Waals surface area contributed by atoms with Crippen LogP contribution in [-0.2, 0) is 4.79 Å². The van der Waals surface area contributed by atoms with Crippen LogP contribution in [0.1, 0.15) is 48.7 Å². The number of hydrogen-bond donors (Lipinski definition) is 1. The van der Waals surface area contributed by atoms with E-state index in [1.165, 1.54) is 17.5 Å². The standard InChI is InChI=1S/C26H27ClFN3O3S/c1-34-18-4-5-23-20(13-18)25(21(27)16-30-23)22(28)6-7-26(14-24(32)33)8-11-31(12-9-26)10-2-3-19-15-29-17-35-19/h4-5,13,15-17,22H,6-12,14H2,1H3,(H,32,33)/t22-/m1/s1. The number of piperidine rings is 1. The summed E-state index contributed by atoms with van der Waals surface area (Å²) in [5.41, 5.74) is 2.32. The van der Waals surface area contributed by atoms with Crippen molar-refractivity contribution in [3.63, 3.8) is 0 Å². The predicted molar refractivity (Wildman–Crippen MR) is 136 cm³/mol. The van der Waals surface area contributed by atoms with E-state index < -0.39 is 17.6 Å². The van der Waals surface area contributed by atoms with Crippen LogP contribution < -0.4 is 4.74 Å². The highest BCUT2D eigenvalue weighted by Crippen LogP contribution is 2.44. The number of fused-ring (bicyclic) bond motifs is 1. The van der Waals surface area contributed by atoms with Gasteiger partial charge >= 0.3 is 5.97 Å². The topological polar surface area (TPSA) is 75.6 Å². The van der Waals surface area contributed by atoms with Crippen LogP contribution in [0.4, 0.5) is 4.39 Å². The molecule has 6 nitrogen and oxygen atoms in total. The van der Waals surface area contributed by atoms with Crippen LogP contribution >= 0.6 is 22.9 Å². The highest BCUT2D eigenvalue weighted by atomic mass is 35.5. The molecule has 1 atom stereocenters. The lowest BCUT2D eigenvalue weighted by molar-refractivity contribution is -0.141. The number of carbonyl (C=O) groups is 1. The molecule has 1 fully saturated rings. The first-order valence-electron chi connectivity index (χ1n) is 11.5. The number of hydrogen-bond acceptors (Lipinski definition) is 6. The number of benzene rings is 1. The number of carboxylic acid groups (broad SMARTS) is 1. The third kappa shape index (κ3) is 6.29. The summed E-state index contributed by atoms with van der Waals surface area (Å²) in [4.78, 5) is 23.2. The first kappa shape index (κ1) is 25.4. The van der Waals surface area contributed by atoms with Gasteiger partial charge in [0, 0.05) is 17.1 Å². The molecule has 1 N–H and O–H groups in total. The van der Waals surface area contributed by atoms with Gasteiger partial charge in [-0.3, -0.25) is 19.7 Å². The summed E-state index contributed by atoms with van der Waals surface area (Å²) in [7, 11) is 1.55. The first-order valence-corrected chi connectivity index (χ1v) is 12.7. The van der Waals surface area contributed by atoms with Gasteiger partial charge in [-0.25, -0.2) is 4.39 Å². The van der Waals surface area contributed by atoms with Gasteiger partial charge in [-0.2, -0.15) is 0 Å². The molecule has 0 amide bonds. The van der Waals surface area contributed by atoms with Crippen LogP contribution in [0.3, 0.4) is 0 Å². The molecule has 0 bridgehead atoms. The fourth-order valence-electron chi connectivity index (χ4n) is 4.73. The van der Waals surface area contributed by atoms with E-state index in [9.17, 15) is 9.90 Å². The Morgan fingerprint density at radius 3 is 2.86 bits per heavy atom. The fraction of sp³-hybridized carbons (Fsp3) is 0.423. The van der Waals surface area contributed by atoms with Gasteiger partial charge in [-0.05, 0) is 62.4 Å². The van der Waals surface area contributed by atoms with Crippen LogP contribution in [0.15, 0.2) is 36.1 Å². The molecule has 4 rings (SSSR count). The average Bonchev–Trinajstić information content (AvgIpc) is 3.36. The fourth-order valence-corrected chi connectivity index (χ4v) is 5.48. The molecule has 0 spiro atoms. The van der Waals surface area contributed by atoms with E-state index in [4.69, 9.17) is 16.3 Å². The van der Waals surface area contributed by atoms with E-state index in [1.807, 2.05) is 0 Å². The Morgan fingerprint density at radius 1 is 1.37 bits per heavy atom. The minimum atomic E-state index is -1.34. The number of ether oxygens (including phenoxy) is 1.